The molecule has 6 nitrogen and oxygen atoms in total. The number of rotatable bonds is 9. The molecule has 1 amide bonds. The molecule has 1 N–H and O–H groups in total. The molecule has 0 bridgehead atoms. The second-order valence-corrected chi connectivity index (χ2v) is 7.73. The highest BCUT2D eigenvalue weighted by atomic mass is 19.1. The van der Waals surface area contributed by atoms with Crippen molar-refractivity contribution in [1.82, 2.24) is 15.1 Å². The zero-order chi connectivity index (χ0) is 22.4. The van der Waals surface area contributed by atoms with Crippen LogP contribution in [0.15, 0.2) is 48.5 Å². The largest absolute Gasteiger partial charge is 0.497 e. The summed E-state index contributed by atoms with van der Waals surface area (Å²) < 4.78 is 26.4. The molecule has 0 aliphatic rings. The fraction of sp³-hybridized carbons (Fsp3) is 0.333. The lowest BCUT2D eigenvalue weighted by Gasteiger charge is -2.12. The first kappa shape index (κ1) is 22.3. The first-order valence-electron chi connectivity index (χ1n) is 10.3. The van der Waals surface area contributed by atoms with Gasteiger partial charge in [-0.1, -0.05) is 13.8 Å². The highest BCUT2D eigenvalue weighted by Gasteiger charge is 2.20. The van der Waals surface area contributed by atoms with Crippen LogP contribution in [0.1, 0.15) is 31.5 Å². The molecule has 0 spiro atoms. The number of methoxy groups -OCH3 is 1. The molecule has 164 valence electrons. The molecule has 0 aliphatic heterocycles. The van der Waals surface area contributed by atoms with Crippen LogP contribution < -0.4 is 14.8 Å². The van der Waals surface area contributed by atoms with Crippen LogP contribution in [0.3, 0.4) is 0 Å². The Labute approximate surface area is 182 Å². The number of nitrogens with one attached hydrogen (secondary N) is 1. The van der Waals surface area contributed by atoms with E-state index in [1.165, 1.54) is 12.1 Å². The molecule has 0 fully saturated rings. The van der Waals surface area contributed by atoms with E-state index in [9.17, 15) is 9.18 Å². The highest BCUT2D eigenvalue weighted by Crippen LogP contribution is 2.32. The predicted molar refractivity (Wildman–Crippen MR) is 117 cm³/mol. The van der Waals surface area contributed by atoms with Gasteiger partial charge in [-0.15, -0.1) is 0 Å². The minimum atomic E-state index is -0.339. The van der Waals surface area contributed by atoms with E-state index < -0.39 is 0 Å². The van der Waals surface area contributed by atoms with Crippen LogP contribution in [-0.4, -0.2) is 29.3 Å². The van der Waals surface area contributed by atoms with Crippen molar-refractivity contribution in [2.75, 3.05) is 13.7 Å². The van der Waals surface area contributed by atoms with Gasteiger partial charge in [-0.05, 0) is 67.8 Å². The van der Waals surface area contributed by atoms with Gasteiger partial charge in [0.2, 0.25) is 11.8 Å². The monoisotopic (exact) mass is 425 g/mol. The quantitative estimate of drug-likeness (QED) is 0.534. The third-order valence-corrected chi connectivity index (χ3v) is 4.79. The first-order valence-corrected chi connectivity index (χ1v) is 10.3. The molecule has 7 heteroatoms. The van der Waals surface area contributed by atoms with Crippen molar-refractivity contribution in [3.63, 3.8) is 0 Å². The Morgan fingerprint density at radius 1 is 1.10 bits per heavy atom. The lowest BCUT2D eigenvalue weighted by molar-refractivity contribution is -0.121. The predicted octanol–water partition coefficient (Wildman–Crippen LogP) is 4.83. The smallest absolute Gasteiger partial charge is 0.226 e. The summed E-state index contributed by atoms with van der Waals surface area (Å²) in [6, 6.07) is 13.2. The van der Waals surface area contributed by atoms with Gasteiger partial charge < -0.3 is 14.8 Å². The maximum atomic E-state index is 13.3. The number of amides is 1. The summed E-state index contributed by atoms with van der Waals surface area (Å²) in [4.78, 5) is 12.3. The molecule has 0 unspecified atom stereocenters. The molecular formula is C24H28FN3O3. The van der Waals surface area contributed by atoms with E-state index in [1.54, 1.807) is 23.9 Å². The number of hydrogen-bond acceptors (Lipinski definition) is 4. The Morgan fingerprint density at radius 2 is 1.74 bits per heavy atom. The topological polar surface area (TPSA) is 65.4 Å². The second-order valence-electron chi connectivity index (χ2n) is 7.73. The van der Waals surface area contributed by atoms with Crippen molar-refractivity contribution in [1.29, 1.82) is 0 Å². The van der Waals surface area contributed by atoms with Crippen LogP contribution >= 0.6 is 0 Å². The van der Waals surface area contributed by atoms with Gasteiger partial charge in [-0.25, -0.2) is 9.07 Å². The average Bonchev–Trinajstić information content (AvgIpc) is 3.07. The van der Waals surface area contributed by atoms with Gasteiger partial charge in [0.05, 0.1) is 18.5 Å². The van der Waals surface area contributed by atoms with Crippen molar-refractivity contribution in [3.8, 4) is 23.1 Å². The van der Waals surface area contributed by atoms with Crippen LogP contribution in [-0.2, 0) is 11.2 Å². The fourth-order valence-electron chi connectivity index (χ4n) is 3.09. The van der Waals surface area contributed by atoms with E-state index in [1.807, 2.05) is 31.2 Å². The molecule has 0 atom stereocenters. The van der Waals surface area contributed by atoms with Crippen LogP contribution in [0.2, 0.25) is 0 Å². The molecule has 1 aromatic heterocycles. The SMILES string of the molecule is COc1ccc(-n2nc(C)c(CCC(=O)NCC(C)C)c2Oc2ccc(F)cc2)cc1. The summed E-state index contributed by atoms with van der Waals surface area (Å²) in [6.45, 7) is 6.64. The van der Waals surface area contributed by atoms with Gasteiger partial charge in [-0.2, -0.15) is 5.10 Å². The van der Waals surface area contributed by atoms with E-state index in [2.05, 4.69) is 24.3 Å². The Bertz CT molecular complexity index is 1010. The van der Waals surface area contributed by atoms with Crippen molar-refractivity contribution < 1.29 is 18.7 Å². The number of halogens is 1. The van der Waals surface area contributed by atoms with Gasteiger partial charge in [0.25, 0.3) is 0 Å². The third kappa shape index (κ3) is 5.84. The summed E-state index contributed by atoms with van der Waals surface area (Å²) in [7, 11) is 1.61. The van der Waals surface area contributed by atoms with Crippen LogP contribution in [0, 0.1) is 18.7 Å². The number of carbonyl (C=O) groups is 1. The highest BCUT2D eigenvalue weighted by molar-refractivity contribution is 5.76. The number of nitrogens with zero attached hydrogens (tertiary/aromatic N) is 2. The molecule has 0 saturated heterocycles. The van der Waals surface area contributed by atoms with E-state index >= 15 is 0 Å². The van der Waals surface area contributed by atoms with E-state index in [-0.39, 0.29) is 11.7 Å². The summed E-state index contributed by atoms with van der Waals surface area (Å²) in [5.74, 6) is 1.76. The van der Waals surface area contributed by atoms with E-state index in [4.69, 9.17) is 9.47 Å². The number of benzene rings is 2. The molecular weight excluding hydrogens is 397 g/mol. The number of hydrogen-bond donors (Lipinski definition) is 1. The zero-order valence-corrected chi connectivity index (χ0v) is 18.3. The summed E-state index contributed by atoms with van der Waals surface area (Å²) in [5, 5.41) is 7.58. The Hall–Kier alpha value is -3.35. The molecule has 1 heterocycles. The molecule has 3 aromatic rings. The lowest BCUT2D eigenvalue weighted by atomic mass is 10.1. The van der Waals surface area contributed by atoms with Gasteiger partial charge in [0, 0.05) is 18.5 Å². The van der Waals surface area contributed by atoms with E-state index in [0.29, 0.717) is 36.9 Å². The van der Waals surface area contributed by atoms with Crippen LogP contribution in [0.25, 0.3) is 5.69 Å². The van der Waals surface area contributed by atoms with Crippen molar-refractivity contribution in [2.24, 2.45) is 5.92 Å². The third-order valence-electron chi connectivity index (χ3n) is 4.79. The Kier molecular flexibility index (Phi) is 7.28. The number of carbonyl (C=O) groups excluding carboxylic acids is 1. The average molecular weight is 426 g/mol. The zero-order valence-electron chi connectivity index (χ0n) is 18.3. The molecule has 3 rings (SSSR count). The number of ether oxygens (including phenoxy) is 2. The maximum Gasteiger partial charge on any atom is 0.226 e. The number of aryl methyl sites for hydroxylation is 1. The molecule has 0 saturated carbocycles. The normalized spacial score (nSPS) is 10.9. The van der Waals surface area contributed by atoms with Crippen molar-refractivity contribution in [2.45, 2.75) is 33.6 Å². The summed E-state index contributed by atoms with van der Waals surface area (Å²) >= 11 is 0. The van der Waals surface area contributed by atoms with E-state index in [0.717, 1.165) is 22.7 Å². The van der Waals surface area contributed by atoms with Crippen molar-refractivity contribution in [3.05, 3.63) is 65.6 Å². The van der Waals surface area contributed by atoms with Gasteiger partial charge in [0.1, 0.15) is 17.3 Å². The summed E-state index contributed by atoms with van der Waals surface area (Å²) in [5.41, 5.74) is 2.39. The standard InChI is InChI=1S/C24H28FN3O3/c1-16(2)15-26-23(29)14-13-22-17(3)27-28(19-7-11-20(30-4)12-8-19)24(22)31-21-9-5-18(25)6-10-21/h5-12,16H,13-15H2,1-4H3,(H,26,29). The molecule has 2 aromatic carbocycles. The first-order chi connectivity index (χ1) is 14.9. The fourth-order valence-corrected chi connectivity index (χ4v) is 3.09. The second kappa shape index (κ2) is 10.1. The molecule has 0 radical (unpaired) electrons. The van der Waals surface area contributed by atoms with Crippen molar-refractivity contribution >= 4 is 5.91 Å². The van der Waals surface area contributed by atoms with Gasteiger partial charge in [-0.3, -0.25) is 4.79 Å². The molecule has 0 aliphatic carbocycles. The van der Waals surface area contributed by atoms with Gasteiger partial charge in [0.15, 0.2) is 0 Å². The van der Waals surface area contributed by atoms with Gasteiger partial charge >= 0.3 is 0 Å². The minimum Gasteiger partial charge on any atom is -0.497 e. The lowest BCUT2D eigenvalue weighted by Crippen LogP contribution is -2.27. The summed E-state index contributed by atoms with van der Waals surface area (Å²) in [6.07, 6.45) is 0.796. The minimum absolute atomic E-state index is 0.0157. The van der Waals surface area contributed by atoms with Crippen LogP contribution in [0.5, 0.6) is 17.4 Å². The van der Waals surface area contributed by atoms with Crippen LogP contribution in [0.4, 0.5) is 4.39 Å². The number of aromatic nitrogens is 2. The Morgan fingerprint density at radius 3 is 2.35 bits per heavy atom. The Balaban J connectivity index is 1.91. The maximum absolute atomic E-state index is 13.3. The molecule has 31 heavy (non-hydrogen) atoms.